The van der Waals surface area contributed by atoms with E-state index in [4.69, 9.17) is 4.42 Å². The second kappa shape index (κ2) is 7.67. The van der Waals surface area contributed by atoms with Crippen molar-refractivity contribution in [2.24, 2.45) is 5.92 Å². The quantitative estimate of drug-likeness (QED) is 0.447. The third-order valence-corrected chi connectivity index (χ3v) is 7.81. The minimum absolute atomic E-state index is 0.0327. The monoisotopic (exact) mass is 439 g/mol. The average Bonchev–Trinajstić information content (AvgIpc) is 3.43. The zero-order valence-corrected chi connectivity index (χ0v) is 18.4. The molecule has 0 bridgehead atoms. The predicted molar refractivity (Wildman–Crippen MR) is 117 cm³/mol. The molecule has 3 heterocycles. The van der Waals surface area contributed by atoms with Crippen LogP contribution in [0, 0.1) is 5.92 Å². The van der Waals surface area contributed by atoms with Gasteiger partial charge in [0, 0.05) is 16.1 Å². The average molecular weight is 440 g/mol. The lowest BCUT2D eigenvalue weighted by molar-refractivity contribution is -0.116. The van der Waals surface area contributed by atoms with Crippen LogP contribution in [-0.2, 0) is 17.6 Å². The van der Waals surface area contributed by atoms with E-state index in [-0.39, 0.29) is 23.4 Å². The highest BCUT2D eigenvalue weighted by Crippen LogP contribution is 2.37. The van der Waals surface area contributed by atoms with E-state index in [2.05, 4.69) is 28.5 Å². The number of thioether (sulfide) groups is 1. The summed E-state index contributed by atoms with van der Waals surface area (Å²) in [6, 6.07) is 7.51. The van der Waals surface area contributed by atoms with Crippen LogP contribution in [0.1, 0.15) is 52.5 Å². The first-order valence-corrected chi connectivity index (χ1v) is 11.8. The van der Waals surface area contributed by atoms with Gasteiger partial charge in [0.15, 0.2) is 5.78 Å². The smallest absolute Gasteiger partial charge is 0.277 e. The van der Waals surface area contributed by atoms with Gasteiger partial charge >= 0.3 is 0 Å². The van der Waals surface area contributed by atoms with Crippen LogP contribution in [0.4, 0.5) is 5.69 Å². The molecule has 1 amide bonds. The van der Waals surface area contributed by atoms with E-state index < -0.39 is 0 Å². The van der Waals surface area contributed by atoms with Crippen molar-refractivity contribution in [2.45, 2.75) is 44.3 Å². The molecule has 1 N–H and O–H groups in total. The molecule has 30 heavy (non-hydrogen) atoms. The van der Waals surface area contributed by atoms with E-state index in [0.717, 1.165) is 34.9 Å². The molecule has 8 heteroatoms. The molecule has 0 radical (unpaired) electrons. The van der Waals surface area contributed by atoms with Crippen LogP contribution in [0.25, 0.3) is 10.8 Å². The molecule has 1 aliphatic heterocycles. The summed E-state index contributed by atoms with van der Waals surface area (Å²) in [4.78, 5) is 26.9. The zero-order chi connectivity index (χ0) is 20.8. The Hall–Kier alpha value is -2.45. The van der Waals surface area contributed by atoms with E-state index >= 15 is 0 Å². The van der Waals surface area contributed by atoms with Crippen LogP contribution in [-0.4, -0.2) is 27.6 Å². The number of nitrogens with one attached hydrogen (secondary N) is 1. The first kappa shape index (κ1) is 19.5. The first-order valence-electron chi connectivity index (χ1n) is 10.0. The number of ketones is 1. The molecule has 154 valence electrons. The van der Waals surface area contributed by atoms with Crippen molar-refractivity contribution >= 4 is 40.5 Å². The molecule has 5 rings (SSSR count). The summed E-state index contributed by atoms with van der Waals surface area (Å²) in [7, 11) is 0. The van der Waals surface area contributed by atoms with E-state index in [0.29, 0.717) is 16.7 Å². The highest BCUT2D eigenvalue weighted by Gasteiger charge is 2.27. The van der Waals surface area contributed by atoms with Crippen molar-refractivity contribution < 1.29 is 14.0 Å². The first-order chi connectivity index (χ1) is 14.5. The molecule has 2 aromatic heterocycles. The molecule has 2 atom stereocenters. The number of rotatable bonds is 5. The second-order valence-corrected chi connectivity index (χ2v) is 10.1. The second-order valence-electron chi connectivity index (χ2n) is 8.00. The van der Waals surface area contributed by atoms with Crippen LogP contribution in [0.3, 0.4) is 0 Å². The third-order valence-electron chi connectivity index (χ3n) is 5.76. The van der Waals surface area contributed by atoms with Crippen molar-refractivity contribution in [1.29, 1.82) is 0 Å². The topological polar surface area (TPSA) is 85.1 Å². The molecule has 6 nitrogen and oxygen atoms in total. The Labute approximate surface area is 182 Å². The number of aryl methyl sites for hydroxylation is 1. The minimum atomic E-state index is -0.237. The lowest BCUT2D eigenvalue weighted by Crippen LogP contribution is -2.08. The van der Waals surface area contributed by atoms with Crippen molar-refractivity contribution in [1.82, 2.24) is 10.2 Å². The van der Waals surface area contributed by atoms with Gasteiger partial charge in [0.2, 0.25) is 5.91 Å². The lowest BCUT2D eigenvalue weighted by atomic mass is 9.90. The standard InChI is InChI=1S/C22H21N3O3S2/c1-11-3-6-18-14(7-11)9-19(30-18)21-24-25-22(28-21)29-10-17(26)13-4-5-16-15(8-13)12(2)20(27)23-16/h4-5,8-9,11-12H,3,6-7,10H2,1-2H3,(H,23,27)/t11-,12+/m0/s1. The largest absolute Gasteiger partial charge is 0.410 e. The Morgan fingerprint density at radius 3 is 3.03 bits per heavy atom. The summed E-state index contributed by atoms with van der Waals surface area (Å²) in [6.07, 6.45) is 3.45. The molecule has 0 saturated heterocycles. The molecule has 0 unspecified atom stereocenters. The van der Waals surface area contributed by atoms with Gasteiger partial charge in [-0.1, -0.05) is 18.7 Å². The van der Waals surface area contributed by atoms with E-state index in [1.54, 1.807) is 29.5 Å². The van der Waals surface area contributed by atoms with Gasteiger partial charge in [-0.2, -0.15) is 0 Å². The maximum absolute atomic E-state index is 12.6. The van der Waals surface area contributed by atoms with Crippen molar-refractivity contribution in [3.63, 3.8) is 0 Å². The lowest BCUT2D eigenvalue weighted by Gasteiger charge is -2.16. The summed E-state index contributed by atoms with van der Waals surface area (Å²) < 4.78 is 5.81. The molecular formula is C22H21N3O3S2. The Bertz CT molecular complexity index is 1150. The van der Waals surface area contributed by atoms with Gasteiger partial charge in [0.25, 0.3) is 11.1 Å². The van der Waals surface area contributed by atoms with Gasteiger partial charge in [-0.15, -0.1) is 21.5 Å². The fraction of sp³-hybridized carbons (Fsp3) is 0.364. The van der Waals surface area contributed by atoms with Gasteiger partial charge in [-0.25, -0.2) is 0 Å². The van der Waals surface area contributed by atoms with Gasteiger partial charge in [0.05, 0.1) is 16.5 Å². The number of nitrogens with zero attached hydrogens (tertiary/aromatic N) is 2. The predicted octanol–water partition coefficient (Wildman–Crippen LogP) is 4.95. The third kappa shape index (κ3) is 3.58. The van der Waals surface area contributed by atoms with Crippen LogP contribution >= 0.6 is 23.1 Å². The van der Waals surface area contributed by atoms with Crippen molar-refractivity contribution in [2.75, 3.05) is 11.1 Å². The van der Waals surface area contributed by atoms with Crippen LogP contribution < -0.4 is 5.32 Å². The Morgan fingerprint density at radius 1 is 1.30 bits per heavy atom. The highest BCUT2D eigenvalue weighted by atomic mass is 32.2. The maximum Gasteiger partial charge on any atom is 0.277 e. The fourth-order valence-corrected chi connectivity index (χ4v) is 5.77. The molecule has 1 aliphatic carbocycles. The molecule has 0 saturated carbocycles. The number of aromatic nitrogens is 2. The molecule has 3 aromatic rings. The molecular weight excluding hydrogens is 418 g/mol. The van der Waals surface area contributed by atoms with Crippen LogP contribution in [0.2, 0.25) is 0 Å². The maximum atomic E-state index is 12.6. The Kier molecular flexibility index (Phi) is 4.99. The molecule has 0 fully saturated rings. The van der Waals surface area contributed by atoms with Gasteiger partial charge < -0.3 is 9.73 Å². The van der Waals surface area contributed by atoms with E-state index in [9.17, 15) is 9.59 Å². The van der Waals surface area contributed by atoms with Crippen molar-refractivity contribution in [3.05, 3.63) is 45.8 Å². The number of carbonyl (C=O) groups is 2. The van der Waals surface area contributed by atoms with E-state index in [1.165, 1.54) is 28.6 Å². The zero-order valence-electron chi connectivity index (χ0n) is 16.7. The SMILES string of the molecule is C[C@H]1CCc2sc(-c3nnc(SCC(=O)c4ccc5c(c4)[C@@H](C)C(=O)N5)o3)cc2C1. The number of Topliss-reactive ketones (excluding diaryl/α,β-unsaturated/α-hetero) is 1. The van der Waals surface area contributed by atoms with Gasteiger partial charge in [0.1, 0.15) is 0 Å². The number of benzene rings is 1. The Balaban J connectivity index is 1.26. The normalized spacial score (nSPS) is 20.0. The number of hydrogen-bond acceptors (Lipinski definition) is 7. The van der Waals surface area contributed by atoms with E-state index in [1.807, 2.05) is 6.92 Å². The van der Waals surface area contributed by atoms with Crippen LogP contribution in [0.15, 0.2) is 33.9 Å². The minimum Gasteiger partial charge on any atom is -0.410 e. The highest BCUT2D eigenvalue weighted by molar-refractivity contribution is 7.99. The summed E-state index contributed by atoms with van der Waals surface area (Å²) in [5.41, 5.74) is 3.64. The Morgan fingerprint density at radius 2 is 2.17 bits per heavy atom. The summed E-state index contributed by atoms with van der Waals surface area (Å²) >= 11 is 2.97. The number of hydrogen-bond donors (Lipinski definition) is 1. The molecule has 1 aromatic carbocycles. The number of carbonyl (C=O) groups excluding carboxylic acids is 2. The fourth-order valence-electron chi connectivity index (χ4n) is 3.98. The molecule has 0 spiro atoms. The van der Waals surface area contributed by atoms with Crippen molar-refractivity contribution in [3.8, 4) is 10.8 Å². The molecule has 2 aliphatic rings. The summed E-state index contributed by atoms with van der Waals surface area (Å²) in [5, 5.41) is 11.5. The number of thiophene rings is 1. The van der Waals surface area contributed by atoms with Gasteiger partial charge in [-0.3, -0.25) is 9.59 Å². The number of anilines is 1. The van der Waals surface area contributed by atoms with Gasteiger partial charge in [-0.05, 0) is 67.5 Å². The number of fused-ring (bicyclic) bond motifs is 2. The van der Waals surface area contributed by atoms with Crippen LogP contribution in [0.5, 0.6) is 0 Å². The summed E-state index contributed by atoms with van der Waals surface area (Å²) in [6.45, 7) is 4.13. The summed E-state index contributed by atoms with van der Waals surface area (Å²) in [5.74, 6) is 1.14. The number of amides is 1.